The molecule has 0 bridgehead atoms. The summed E-state index contributed by atoms with van der Waals surface area (Å²) in [7, 11) is 0. The Bertz CT molecular complexity index is 880. The number of ether oxygens (including phenoxy) is 1. The van der Waals surface area contributed by atoms with Gasteiger partial charge >= 0.3 is 12.1 Å². The number of anilines is 1. The Labute approximate surface area is 186 Å². The average molecular weight is 472 g/mol. The lowest BCUT2D eigenvalue weighted by molar-refractivity contribution is -0.192. The third kappa shape index (κ3) is 6.63. The van der Waals surface area contributed by atoms with Crippen LogP contribution in [-0.2, 0) is 20.7 Å². The number of rotatable bonds is 5. The number of aliphatic carboxylic acids is 1. The van der Waals surface area contributed by atoms with Crippen LogP contribution in [0.3, 0.4) is 0 Å². The van der Waals surface area contributed by atoms with Crippen molar-refractivity contribution < 1.29 is 32.6 Å². The molecule has 8 nitrogen and oxygen atoms in total. The number of nitrogens with zero attached hydrogens (tertiary/aromatic N) is 3. The Morgan fingerprint density at radius 3 is 2.50 bits per heavy atom. The standard InChI is InChI=1S/C18H22N4O2S.C2HF3O2/c23-16(9-15-3-1-8-25-15)22-12-18(13-22)5-4-14(11-24-18)10-21-17-19-6-2-7-20-17;3-2(4,5)1(6)7/h1-3,6-8,14H,4-5,9-13H2,(H,19,20,21);(H,6,7). The monoisotopic (exact) mass is 472 g/mol. The second kappa shape index (κ2) is 10.3. The van der Waals surface area contributed by atoms with Crippen LogP contribution in [0.25, 0.3) is 0 Å². The van der Waals surface area contributed by atoms with Gasteiger partial charge in [-0.25, -0.2) is 14.8 Å². The lowest BCUT2D eigenvalue weighted by atomic mass is 9.82. The predicted molar refractivity (Wildman–Crippen MR) is 110 cm³/mol. The van der Waals surface area contributed by atoms with Gasteiger partial charge in [0.05, 0.1) is 26.1 Å². The Morgan fingerprint density at radius 1 is 1.28 bits per heavy atom. The zero-order chi connectivity index (χ0) is 23.2. The summed E-state index contributed by atoms with van der Waals surface area (Å²) in [4.78, 5) is 32.6. The molecule has 2 fully saturated rings. The van der Waals surface area contributed by atoms with Gasteiger partial charge in [0, 0.05) is 23.8 Å². The molecule has 12 heteroatoms. The number of carbonyl (C=O) groups is 2. The first-order valence-electron chi connectivity index (χ1n) is 9.92. The number of carboxylic acids is 1. The largest absolute Gasteiger partial charge is 0.490 e. The van der Waals surface area contributed by atoms with Crippen LogP contribution in [0.5, 0.6) is 0 Å². The van der Waals surface area contributed by atoms with Crippen molar-refractivity contribution in [1.82, 2.24) is 14.9 Å². The second-order valence-corrected chi connectivity index (χ2v) is 8.69. The van der Waals surface area contributed by atoms with E-state index in [4.69, 9.17) is 14.6 Å². The molecular formula is C20H23F3N4O4S. The summed E-state index contributed by atoms with van der Waals surface area (Å²) >= 11 is 1.64. The first-order valence-corrected chi connectivity index (χ1v) is 10.8. The fourth-order valence-electron chi connectivity index (χ4n) is 3.45. The van der Waals surface area contributed by atoms with Crippen LogP contribution in [0.1, 0.15) is 17.7 Å². The van der Waals surface area contributed by atoms with Crippen LogP contribution in [0.4, 0.5) is 19.1 Å². The Kier molecular flexibility index (Phi) is 7.67. The number of nitrogens with one attached hydrogen (secondary N) is 1. The highest BCUT2D eigenvalue weighted by Crippen LogP contribution is 2.36. The molecule has 0 radical (unpaired) electrons. The lowest BCUT2D eigenvalue weighted by Crippen LogP contribution is -2.66. The molecule has 4 heterocycles. The van der Waals surface area contributed by atoms with E-state index < -0.39 is 12.1 Å². The zero-order valence-electron chi connectivity index (χ0n) is 17.0. The first kappa shape index (κ1) is 23.9. The summed E-state index contributed by atoms with van der Waals surface area (Å²) in [6.45, 7) is 3.02. The molecule has 32 heavy (non-hydrogen) atoms. The van der Waals surface area contributed by atoms with E-state index in [1.165, 1.54) is 0 Å². The molecule has 2 saturated heterocycles. The van der Waals surface area contributed by atoms with E-state index in [0.717, 1.165) is 44.0 Å². The maximum atomic E-state index is 12.3. The Balaban J connectivity index is 0.000000360. The zero-order valence-corrected chi connectivity index (χ0v) is 17.9. The molecule has 2 aliphatic rings. The number of alkyl halides is 3. The summed E-state index contributed by atoms with van der Waals surface area (Å²) in [6, 6.07) is 5.81. The number of amides is 1. The SMILES string of the molecule is O=C(Cc1cccs1)N1CC2(CCC(CNc3ncccn3)CO2)C1.O=C(O)C(F)(F)F. The van der Waals surface area contributed by atoms with Gasteiger partial charge < -0.3 is 20.1 Å². The molecule has 2 aromatic heterocycles. The first-order chi connectivity index (χ1) is 15.2. The van der Waals surface area contributed by atoms with Crippen LogP contribution in [0.2, 0.25) is 0 Å². The van der Waals surface area contributed by atoms with Gasteiger partial charge in [-0.1, -0.05) is 6.07 Å². The van der Waals surface area contributed by atoms with Gasteiger partial charge in [-0.15, -0.1) is 11.3 Å². The van der Waals surface area contributed by atoms with Crippen molar-refractivity contribution in [1.29, 1.82) is 0 Å². The average Bonchev–Trinajstić information content (AvgIpc) is 3.24. The topological polar surface area (TPSA) is 105 Å². The highest BCUT2D eigenvalue weighted by Gasteiger charge is 2.48. The number of hydrogen-bond acceptors (Lipinski definition) is 7. The maximum absolute atomic E-state index is 12.3. The highest BCUT2D eigenvalue weighted by molar-refractivity contribution is 7.10. The third-order valence-corrected chi connectivity index (χ3v) is 6.08. The van der Waals surface area contributed by atoms with Crippen molar-refractivity contribution in [2.45, 2.75) is 31.0 Å². The fourth-order valence-corrected chi connectivity index (χ4v) is 4.15. The van der Waals surface area contributed by atoms with E-state index >= 15 is 0 Å². The van der Waals surface area contributed by atoms with Crippen molar-refractivity contribution in [3.63, 3.8) is 0 Å². The molecule has 1 amide bonds. The second-order valence-electron chi connectivity index (χ2n) is 7.66. The van der Waals surface area contributed by atoms with Gasteiger partial charge in [0.25, 0.3) is 0 Å². The number of hydrogen-bond donors (Lipinski definition) is 2. The highest BCUT2D eigenvalue weighted by atomic mass is 32.1. The summed E-state index contributed by atoms with van der Waals surface area (Å²) in [6.07, 6.45) is 1.01. The van der Waals surface area contributed by atoms with Crippen LogP contribution >= 0.6 is 11.3 Å². The van der Waals surface area contributed by atoms with Crippen LogP contribution in [0.15, 0.2) is 36.0 Å². The maximum Gasteiger partial charge on any atom is 0.490 e. The molecule has 0 aromatic carbocycles. The van der Waals surface area contributed by atoms with Gasteiger partial charge in [0.2, 0.25) is 11.9 Å². The van der Waals surface area contributed by atoms with Crippen molar-refractivity contribution in [3.8, 4) is 0 Å². The number of carbonyl (C=O) groups excluding carboxylic acids is 1. The van der Waals surface area contributed by atoms with Gasteiger partial charge in [0.15, 0.2) is 0 Å². The van der Waals surface area contributed by atoms with E-state index in [-0.39, 0.29) is 11.5 Å². The minimum Gasteiger partial charge on any atom is -0.475 e. The molecule has 1 unspecified atom stereocenters. The Morgan fingerprint density at radius 2 is 1.97 bits per heavy atom. The molecule has 2 aromatic rings. The van der Waals surface area contributed by atoms with E-state index in [2.05, 4.69) is 15.3 Å². The lowest BCUT2D eigenvalue weighted by Gasteiger charge is -2.52. The molecule has 0 saturated carbocycles. The summed E-state index contributed by atoms with van der Waals surface area (Å²) < 4.78 is 37.9. The van der Waals surface area contributed by atoms with Crippen LogP contribution in [-0.4, -0.2) is 69.9 Å². The van der Waals surface area contributed by atoms with Crippen LogP contribution < -0.4 is 5.32 Å². The van der Waals surface area contributed by atoms with Crippen molar-refractivity contribution in [3.05, 3.63) is 40.8 Å². The molecule has 4 rings (SSSR count). The number of halogens is 3. The summed E-state index contributed by atoms with van der Waals surface area (Å²) in [5.41, 5.74) is -0.106. The molecule has 2 aliphatic heterocycles. The molecule has 174 valence electrons. The van der Waals surface area contributed by atoms with Gasteiger partial charge in [0.1, 0.15) is 5.60 Å². The number of thiophene rings is 1. The normalized spacial score (nSPS) is 19.5. The summed E-state index contributed by atoms with van der Waals surface area (Å²) in [5.74, 6) is -1.42. The summed E-state index contributed by atoms with van der Waals surface area (Å²) in [5, 5.41) is 12.4. The van der Waals surface area contributed by atoms with Crippen molar-refractivity contribution in [2.75, 3.05) is 31.6 Å². The molecule has 1 atom stereocenters. The molecule has 2 N–H and O–H groups in total. The van der Waals surface area contributed by atoms with E-state index in [1.54, 1.807) is 29.8 Å². The molecule has 0 aliphatic carbocycles. The third-order valence-electron chi connectivity index (χ3n) is 5.21. The number of likely N-dealkylation sites (tertiary alicyclic amines) is 1. The van der Waals surface area contributed by atoms with Crippen LogP contribution in [0, 0.1) is 5.92 Å². The van der Waals surface area contributed by atoms with Crippen molar-refractivity contribution >= 4 is 29.2 Å². The Hall–Kier alpha value is -2.73. The van der Waals surface area contributed by atoms with Crippen molar-refractivity contribution in [2.24, 2.45) is 5.92 Å². The molecular weight excluding hydrogens is 449 g/mol. The fraction of sp³-hybridized carbons (Fsp3) is 0.500. The smallest absolute Gasteiger partial charge is 0.475 e. The van der Waals surface area contributed by atoms with E-state index in [0.29, 0.717) is 18.3 Å². The van der Waals surface area contributed by atoms with Gasteiger partial charge in [-0.05, 0) is 36.3 Å². The quantitative estimate of drug-likeness (QED) is 0.690. The number of aromatic nitrogens is 2. The van der Waals surface area contributed by atoms with Gasteiger partial charge in [-0.2, -0.15) is 13.2 Å². The number of carboxylic acid groups (broad SMARTS) is 1. The minimum atomic E-state index is -5.08. The van der Waals surface area contributed by atoms with E-state index in [9.17, 15) is 18.0 Å². The predicted octanol–water partition coefficient (Wildman–Crippen LogP) is 2.83. The van der Waals surface area contributed by atoms with E-state index in [1.807, 2.05) is 22.4 Å². The molecule has 1 spiro atoms. The minimum absolute atomic E-state index is 0.106. The van der Waals surface area contributed by atoms with Gasteiger partial charge in [-0.3, -0.25) is 4.79 Å².